The van der Waals surface area contributed by atoms with Crippen LogP contribution in [0.15, 0.2) is 45.4 Å². The molecule has 0 atom stereocenters. The van der Waals surface area contributed by atoms with Crippen LogP contribution >= 0.6 is 11.8 Å². The van der Waals surface area contributed by atoms with E-state index in [0.717, 1.165) is 5.69 Å². The SMILES string of the molecule is Cc1ccnc(Sc2ccc(S(N)(=O)=O)cc2N)n1. The molecule has 1 heterocycles. The van der Waals surface area contributed by atoms with Gasteiger partial charge < -0.3 is 5.73 Å². The van der Waals surface area contributed by atoms with Crippen LogP contribution in [-0.4, -0.2) is 18.4 Å². The van der Waals surface area contributed by atoms with Gasteiger partial charge >= 0.3 is 0 Å². The zero-order valence-corrected chi connectivity index (χ0v) is 11.7. The lowest BCUT2D eigenvalue weighted by Crippen LogP contribution is -2.12. The molecule has 8 heteroatoms. The number of anilines is 1. The van der Waals surface area contributed by atoms with E-state index in [-0.39, 0.29) is 4.90 Å². The van der Waals surface area contributed by atoms with E-state index >= 15 is 0 Å². The third-order valence-corrected chi connectivity index (χ3v) is 4.17. The third kappa shape index (κ3) is 3.43. The van der Waals surface area contributed by atoms with Gasteiger partial charge in [-0.2, -0.15) is 0 Å². The number of hydrogen-bond acceptors (Lipinski definition) is 6. The molecule has 1 aromatic carbocycles. The van der Waals surface area contributed by atoms with Gasteiger partial charge in [0.05, 0.1) is 4.90 Å². The lowest BCUT2D eigenvalue weighted by Gasteiger charge is -2.06. The van der Waals surface area contributed by atoms with Crippen LogP contribution in [0, 0.1) is 6.92 Å². The van der Waals surface area contributed by atoms with Crippen molar-refractivity contribution in [3.05, 3.63) is 36.2 Å². The molecule has 2 aromatic rings. The minimum absolute atomic E-state index is 0.0143. The fourth-order valence-corrected chi connectivity index (χ4v) is 2.73. The van der Waals surface area contributed by atoms with Gasteiger partial charge in [-0.1, -0.05) is 0 Å². The standard InChI is InChI=1S/C11H12N4O2S2/c1-7-4-5-14-11(15-7)18-10-3-2-8(6-9(10)12)19(13,16)17/h2-6H,12H2,1H3,(H2,13,16,17). The molecule has 0 saturated heterocycles. The van der Waals surface area contributed by atoms with Gasteiger partial charge in [-0.3, -0.25) is 0 Å². The molecule has 0 spiro atoms. The minimum Gasteiger partial charge on any atom is -0.398 e. The van der Waals surface area contributed by atoms with Crippen LogP contribution in [0.3, 0.4) is 0 Å². The smallest absolute Gasteiger partial charge is 0.238 e. The van der Waals surface area contributed by atoms with E-state index in [4.69, 9.17) is 10.9 Å². The monoisotopic (exact) mass is 296 g/mol. The van der Waals surface area contributed by atoms with Crippen LogP contribution in [0.5, 0.6) is 0 Å². The van der Waals surface area contributed by atoms with E-state index in [1.807, 2.05) is 6.92 Å². The fraction of sp³-hybridized carbons (Fsp3) is 0.0909. The van der Waals surface area contributed by atoms with E-state index in [0.29, 0.717) is 15.7 Å². The van der Waals surface area contributed by atoms with E-state index in [9.17, 15) is 8.42 Å². The van der Waals surface area contributed by atoms with Gasteiger partial charge in [0.1, 0.15) is 0 Å². The highest BCUT2D eigenvalue weighted by Gasteiger charge is 2.11. The molecule has 0 bridgehead atoms. The first-order valence-electron chi connectivity index (χ1n) is 5.26. The van der Waals surface area contributed by atoms with Crippen LogP contribution in [0.1, 0.15) is 5.69 Å². The molecule has 0 radical (unpaired) electrons. The molecule has 2 rings (SSSR count). The maximum atomic E-state index is 11.2. The molecule has 100 valence electrons. The molecular weight excluding hydrogens is 284 g/mol. The Labute approximate surface area is 115 Å². The zero-order valence-electron chi connectivity index (χ0n) is 10.1. The molecule has 4 N–H and O–H groups in total. The molecule has 0 fully saturated rings. The number of nitrogens with two attached hydrogens (primary N) is 2. The zero-order chi connectivity index (χ0) is 14.0. The van der Waals surface area contributed by atoms with Gasteiger partial charge in [-0.15, -0.1) is 0 Å². The summed E-state index contributed by atoms with van der Waals surface area (Å²) in [5, 5.41) is 5.58. The van der Waals surface area contributed by atoms with Gasteiger partial charge in [-0.05, 0) is 43.0 Å². The predicted octanol–water partition coefficient (Wildman–Crippen LogP) is 1.17. The van der Waals surface area contributed by atoms with Crippen LogP contribution < -0.4 is 10.9 Å². The average Bonchev–Trinajstić information content (AvgIpc) is 2.30. The van der Waals surface area contributed by atoms with Crippen molar-refractivity contribution in [1.29, 1.82) is 0 Å². The molecule has 0 aliphatic rings. The van der Waals surface area contributed by atoms with E-state index in [1.54, 1.807) is 18.3 Å². The number of nitrogen functional groups attached to an aromatic ring is 1. The Bertz CT molecular complexity index is 716. The Morgan fingerprint density at radius 1 is 1.26 bits per heavy atom. The largest absolute Gasteiger partial charge is 0.398 e. The normalized spacial score (nSPS) is 11.5. The van der Waals surface area contributed by atoms with Gasteiger partial charge in [0.15, 0.2) is 5.16 Å². The summed E-state index contributed by atoms with van der Waals surface area (Å²) in [4.78, 5) is 9.00. The van der Waals surface area contributed by atoms with Crippen molar-refractivity contribution in [2.45, 2.75) is 21.9 Å². The summed E-state index contributed by atoms with van der Waals surface area (Å²) >= 11 is 1.26. The Hall–Kier alpha value is -1.64. The molecule has 0 aliphatic carbocycles. The summed E-state index contributed by atoms with van der Waals surface area (Å²) in [6.45, 7) is 1.86. The number of primary sulfonamides is 1. The van der Waals surface area contributed by atoms with Crippen LogP contribution in [0.4, 0.5) is 5.69 Å². The van der Waals surface area contributed by atoms with Gasteiger partial charge in [0.25, 0.3) is 0 Å². The summed E-state index contributed by atoms with van der Waals surface area (Å²) in [6.07, 6.45) is 1.65. The number of sulfonamides is 1. The summed E-state index contributed by atoms with van der Waals surface area (Å²) in [7, 11) is -3.74. The molecule has 0 aliphatic heterocycles. The minimum atomic E-state index is -3.74. The van der Waals surface area contributed by atoms with Crippen LogP contribution in [0.25, 0.3) is 0 Å². The second-order valence-corrected chi connectivity index (χ2v) is 6.40. The molecule has 0 unspecified atom stereocenters. The Morgan fingerprint density at radius 3 is 2.58 bits per heavy atom. The van der Waals surface area contributed by atoms with E-state index in [1.165, 1.54) is 23.9 Å². The molecular formula is C11H12N4O2S2. The Kier molecular flexibility index (Phi) is 3.74. The Balaban J connectivity index is 2.32. The first kappa shape index (κ1) is 13.8. The second-order valence-electron chi connectivity index (χ2n) is 3.83. The third-order valence-electron chi connectivity index (χ3n) is 2.28. The number of rotatable bonds is 3. The summed E-state index contributed by atoms with van der Waals surface area (Å²) < 4.78 is 22.4. The number of nitrogens with zero attached hydrogens (tertiary/aromatic N) is 2. The molecule has 6 nitrogen and oxygen atoms in total. The van der Waals surface area contributed by atoms with Crippen molar-refractivity contribution < 1.29 is 8.42 Å². The Morgan fingerprint density at radius 2 is 2.00 bits per heavy atom. The summed E-state index contributed by atoms with van der Waals surface area (Å²) in [6, 6.07) is 6.11. The molecule has 0 amide bonds. The molecule has 1 aromatic heterocycles. The van der Waals surface area contributed by atoms with E-state index < -0.39 is 10.0 Å². The maximum absolute atomic E-state index is 11.2. The van der Waals surface area contributed by atoms with Gasteiger partial charge in [0.2, 0.25) is 10.0 Å². The van der Waals surface area contributed by atoms with Crippen molar-refractivity contribution >= 4 is 27.5 Å². The van der Waals surface area contributed by atoms with Crippen molar-refractivity contribution in [2.24, 2.45) is 5.14 Å². The van der Waals surface area contributed by atoms with E-state index in [2.05, 4.69) is 9.97 Å². The highest BCUT2D eigenvalue weighted by molar-refractivity contribution is 7.99. The predicted molar refractivity (Wildman–Crippen MR) is 73.1 cm³/mol. The van der Waals surface area contributed by atoms with Gasteiger partial charge in [-0.25, -0.2) is 23.5 Å². The molecule has 0 saturated carbocycles. The van der Waals surface area contributed by atoms with Crippen molar-refractivity contribution in [3.63, 3.8) is 0 Å². The fourth-order valence-electron chi connectivity index (χ4n) is 1.37. The summed E-state index contributed by atoms with van der Waals surface area (Å²) in [5.41, 5.74) is 6.97. The second kappa shape index (κ2) is 5.16. The van der Waals surface area contributed by atoms with Gasteiger partial charge in [0, 0.05) is 22.5 Å². The first-order chi connectivity index (χ1) is 8.86. The first-order valence-corrected chi connectivity index (χ1v) is 7.62. The summed E-state index contributed by atoms with van der Waals surface area (Å²) in [5.74, 6) is 0. The van der Waals surface area contributed by atoms with Crippen molar-refractivity contribution in [3.8, 4) is 0 Å². The number of aromatic nitrogens is 2. The lowest BCUT2D eigenvalue weighted by molar-refractivity contribution is 0.598. The quantitative estimate of drug-likeness (QED) is 0.649. The average molecular weight is 296 g/mol. The number of hydrogen-bond donors (Lipinski definition) is 2. The van der Waals surface area contributed by atoms with Crippen molar-refractivity contribution in [2.75, 3.05) is 5.73 Å². The molecule has 19 heavy (non-hydrogen) atoms. The van der Waals surface area contributed by atoms with Crippen molar-refractivity contribution in [1.82, 2.24) is 9.97 Å². The van der Waals surface area contributed by atoms with Crippen LogP contribution in [-0.2, 0) is 10.0 Å². The van der Waals surface area contributed by atoms with Crippen LogP contribution in [0.2, 0.25) is 0 Å². The maximum Gasteiger partial charge on any atom is 0.238 e. The number of aryl methyl sites for hydroxylation is 1. The number of benzene rings is 1. The highest BCUT2D eigenvalue weighted by atomic mass is 32.2. The lowest BCUT2D eigenvalue weighted by atomic mass is 10.3. The topological polar surface area (TPSA) is 112 Å². The highest BCUT2D eigenvalue weighted by Crippen LogP contribution is 2.31.